The molecule has 0 saturated carbocycles. The molecular weight excluding hydrogens is 326 g/mol. The first-order valence-corrected chi connectivity index (χ1v) is 8.72. The second-order valence-electron chi connectivity index (χ2n) is 7.41. The third kappa shape index (κ3) is 5.46. The summed E-state index contributed by atoms with van der Waals surface area (Å²) in [6.07, 6.45) is 3.62. The highest BCUT2D eigenvalue weighted by Crippen LogP contribution is 2.27. The maximum Gasteiger partial charge on any atom is 0.243 e. The van der Waals surface area contributed by atoms with E-state index in [0.717, 1.165) is 17.1 Å². The van der Waals surface area contributed by atoms with Gasteiger partial charge in [0.2, 0.25) is 5.91 Å². The van der Waals surface area contributed by atoms with E-state index in [9.17, 15) is 10.0 Å². The topological polar surface area (TPSA) is 49.8 Å². The second-order valence-corrected chi connectivity index (χ2v) is 7.41. The van der Waals surface area contributed by atoms with Gasteiger partial charge in [-0.05, 0) is 47.7 Å². The van der Waals surface area contributed by atoms with E-state index in [-0.39, 0.29) is 5.41 Å². The van der Waals surface area contributed by atoms with Crippen molar-refractivity contribution in [2.75, 3.05) is 0 Å². The van der Waals surface area contributed by atoms with Gasteiger partial charge < -0.3 is 4.74 Å². The zero-order valence-electron chi connectivity index (χ0n) is 16.1. The van der Waals surface area contributed by atoms with E-state index >= 15 is 0 Å². The second kappa shape index (κ2) is 8.19. The minimum Gasteiger partial charge on any atom is -0.457 e. The molecule has 0 heterocycles. The van der Waals surface area contributed by atoms with Crippen LogP contribution in [0.3, 0.4) is 0 Å². The summed E-state index contributed by atoms with van der Waals surface area (Å²) >= 11 is 0. The van der Waals surface area contributed by atoms with Gasteiger partial charge in [0, 0.05) is 6.92 Å². The normalized spacial score (nSPS) is 12.8. The third-order valence-corrected chi connectivity index (χ3v) is 4.09. The van der Waals surface area contributed by atoms with Crippen LogP contribution >= 0.6 is 0 Å². The molecule has 0 bridgehead atoms. The molecule has 0 aliphatic rings. The molecule has 26 heavy (non-hydrogen) atoms. The summed E-state index contributed by atoms with van der Waals surface area (Å²) < 4.78 is 5.93. The molecule has 0 spiro atoms. The van der Waals surface area contributed by atoms with Gasteiger partial charge >= 0.3 is 0 Å². The molecule has 0 aromatic heterocycles. The summed E-state index contributed by atoms with van der Waals surface area (Å²) in [5.41, 5.74) is 2.30. The van der Waals surface area contributed by atoms with E-state index in [0.29, 0.717) is 5.06 Å². The van der Waals surface area contributed by atoms with Crippen molar-refractivity contribution in [3.8, 4) is 11.5 Å². The predicted molar refractivity (Wildman–Crippen MR) is 104 cm³/mol. The molecule has 138 valence electrons. The van der Waals surface area contributed by atoms with Crippen molar-refractivity contribution in [1.29, 1.82) is 0 Å². The Kier molecular flexibility index (Phi) is 6.22. The Morgan fingerprint density at radius 2 is 1.77 bits per heavy atom. The Labute approximate surface area is 155 Å². The van der Waals surface area contributed by atoms with E-state index in [4.69, 9.17) is 4.74 Å². The summed E-state index contributed by atoms with van der Waals surface area (Å²) in [6.45, 7) is 9.61. The molecule has 2 aromatic rings. The van der Waals surface area contributed by atoms with Crippen molar-refractivity contribution in [1.82, 2.24) is 5.06 Å². The fourth-order valence-corrected chi connectivity index (χ4v) is 2.46. The molecule has 2 aromatic carbocycles. The Hall–Kier alpha value is -2.59. The van der Waals surface area contributed by atoms with Crippen LogP contribution in [-0.4, -0.2) is 22.2 Å². The SMILES string of the molecule is CC(=O)N(O)C(C)/C=C/c1cccc(Oc2ccc(C(C)(C)C)cc2)c1. The standard InChI is InChI=1S/C22H27NO3/c1-16(23(25)17(2)24)9-10-18-7-6-8-21(15-18)26-20-13-11-19(12-14-20)22(3,4)5/h6-16,25H,1-5H3/b10-9+. The fraction of sp³-hybridized carbons (Fsp3) is 0.318. The maximum atomic E-state index is 11.2. The first-order chi connectivity index (χ1) is 12.2. The molecule has 4 nitrogen and oxygen atoms in total. The average Bonchev–Trinajstić information content (AvgIpc) is 2.59. The minimum absolute atomic E-state index is 0.112. The number of rotatable bonds is 5. The van der Waals surface area contributed by atoms with Crippen molar-refractivity contribution in [3.63, 3.8) is 0 Å². The van der Waals surface area contributed by atoms with Crippen LogP contribution in [0.15, 0.2) is 54.6 Å². The zero-order chi connectivity index (χ0) is 19.3. The molecule has 2 rings (SSSR count). The van der Waals surface area contributed by atoms with E-state index < -0.39 is 11.9 Å². The van der Waals surface area contributed by atoms with Gasteiger partial charge in [-0.15, -0.1) is 0 Å². The minimum atomic E-state index is -0.401. The molecule has 0 aliphatic carbocycles. The van der Waals surface area contributed by atoms with E-state index in [1.54, 1.807) is 13.0 Å². The highest BCUT2D eigenvalue weighted by atomic mass is 16.5. The van der Waals surface area contributed by atoms with Gasteiger partial charge in [0.05, 0.1) is 6.04 Å². The lowest BCUT2D eigenvalue weighted by molar-refractivity contribution is -0.167. The van der Waals surface area contributed by atoms with Crippen LogP contribution in [0.5, 0.6) is 11.5 Å². The average molecular weight is 353 g/mol. The number of hydrogen-bond donors (Lipinski definition) is 1. The smallest absolute Gasteiger partial charge is 0.243 e. The predicted octanol–water partition coefficient (Wildman–Crippen LogP) is 5.42. The first-order valence-electron chi connectivity index (χ1n) is 8.72. The van der Waals surface area contributed by atoms with Crippen LogP contribution in [0.4, 0.5) is 0 Å². The molecule has 1 atom stereocenters. The Morgan fingerprint density at radius 3 is 2.35 bits per heavy atom. The van der Waals surface area contributed by atoms with Gasteiger partial charge in [-0.1, -0.05) is 57.2 Å². The quantitative estimate of drug-likeness (QED) is 0.577. The number of amides is 1. The van der Waals surface area contributed by atoms with Gasteiger partial charge in [0.15, 0.2) is 0 Å². The molecule has 0 radical (unpaired) electrons. The number of ether oxygens (including phenoxy) is 1. The van der Waals surface area contributed by atoms with Gasteiger partial charge in [-0.25, -0.2) is 5.06 Å². The van der Waals surface area contributed by atoms with Crippen molar-refractivity contribution in [2.45, 2.75) is 46.1 Å². The lowest BCUT2D eigenvalue weighted by atomic mass is 9.87. The van der Waals surface area contributed by atoms with E-state index in [1.165, 1.54) is 12.5 Å². The largest absolute Gasteiger partial charge is 0.457 e. The van der Waals surface area contributed by atoms with Crippen molar-refractivity contribution < 1.29 is 14.7 Å². The molecule has 4 heteroatoms. The molecule has 1 amide bonds. The van der Waals surface area contributed by atoms with Gasteiger partial charge in [0.1, 0.15) is 11.5 Å². The summed E-state index contributed by atoms with van der Waals surface area (Å²) in [5, 5.41) is 10.3. The van der Waals surface area contributed by atoms with Crippen molar-refractivity contribution in [2.24, 2.45) is 0 Å². The molecule has 1 N–H and O–H groups in total. The number of carbonyl (C=O) groups is 1. The number of benzene rings is 2. The van der Waals surface area contributed by atoms with Crippen LogP contribution < -0.4 is 4.74 Å². The molecular formula is C22H27NO3. The van der Waals surface area contributed by atoms with Crippen molar-refractivity contribution in [3.05, 3.63) is 65.7 Å². The fourth-order valence-electron chi connectivity index (χ4n) is 2.46. The van der Waals surface area contributed by atoms with Gasteiger partial charge in [-0.3, -0.25) is 10.0 Å². The van der Waals surface area contributed by atoms with Crippen LogP contribution in [0.2, 0.25) is 0 Å². The zero-order valence-corrected chi connectivity index (χ0v) is 16.1. The van der Waals surface area contributed by atoms with Crippen LogP contribution in [0, 0.1) is 0 Å². The summed E-state index contributed by atoms with van der Waals surface area (Å²) in [4.78, 5) is 11.2. The monoisotopic (exact) mass is 353 g/mol. The highest BCUT2D eigenvalue weighted by molar-refractivity contribution is 5.72. The van der Waals surface area contributed by atoms with Gasteiger partial charge in [-0.2, -0.15) is 0 Å². The summed E-state index contributed by atoms with van der Waals surface area (Å²) in [7, 11) is 0. The van der Waals surface area contributed by atoms with Crippen molar-refractivity contribution >= 4 is 12.0 Å². The summed E-state index contributed by atoms with van der Waals surface area (Å²) in [5.74, 6) is 1.12. The van der Waals surface area contributed by atoms with E-state index in [1.807, 2.05) is 42.5 Å². The van der Waals surface area contributed by atoms with Crippen LogP contribution in [0.25, 0.3) is 6.08 Å². The highest BCUT2D eigenvalue weighted by Gasteiger charge is 2.13. The Bertz CT molecular complexity index is 773. The third-order valence-electron chi connectivity index (χ3n) is 4.09. The van der Waals surface area contributed by atoms with Crippen LogP contribution in [-0.2, 0) is 10.2 Å². The van der Waals surface area contributed by atoms with Crippen LogP contribution in [0.1, 0.15) is 45.7 Å². The lowest BCUT2D eigenvalue weighted by Crippen LogP contribution is -2.32. The Morgan fingerprint density at radius 1 is 1.12 bits per heavy atom. The molecule has 0 aliphatic heterocycles. The number of hydroxylamine groups is 2. The van der Waals surface area contributed by atoms with Gasteiger partial charge in [0.25, 0.3) is 0 Å². The number of carbonyl (C=O) groups excluding carboxylic acids is 1. The van der Waals surface area contributed by atoms with E-state index in [2.05, 4.69) is 32.9 Å². The Balaban J connectivity index is 2.08. The molecule has 1 unspecified atom stereocenters. The summed E-state index contributed by atoms with van der Waals surface area (Å²) in [6, 6.07) is 15.4. The number of hydrogen-bond acceptors (Lipinski definition) is 3. The first kappa shape index (κ1) is 19.7. The maximum absolute atomic E-state index is 11.2. The molecule has 0 fully saturated rings. The number of nitrogens with zero attached hydrogens (tertiary/aromatic N) is 1. The molecule has 0 saturated heterocycles. The lowest BCUT2D eigenvalue weighted by Gasteiger charge is -2.19.